The lowest BCUT2D eigenvalue weighted by Gasteiger charge is -2.15. The molecule has 0 bridgehead atoms. The third-order valence-electron chi connectivity index (χ3n) is 2.09. The molecule has 1 rings (SSSR count). The van der Waals surface area contributed by atoms with E-state index in [-0.39, 0.29) is 17.1 Å². The van der Waals surface area contributed by atoms with Crippen molar-refractivity contribution >= 4 is 0 Å². The van der Waals surface area contributed by atoms with Crippen LogP contribution in [0, 0.1) is 0 Å². The molecule has 16 heavy (non-hydrogen) atoms. The van der Waals surface area contributed by atoms with Gasteiger partial charge in [0.1, 0.15) is 11.5 Å². The second-order valence-corrected chi connectivity index (χ2v) is 3.02. The van der Waals surface area contributed by atoms with Gasteiger partial charge in [-0.25, -0.2) is 0 Å². The molecule has 0 aliphatic rings. The van der Waals surface area contributed by atoms with Gasteiger partial charge in [0.15, 0.2) is 0 Å². The first-order valence-corrected chi connectivity index (χ1v) is 4.37. The zero-order chi connectivity index (χ0) is 12.3. The van der Waals surface area contributed by atoms with E-state index in [0.717, 1.165) is 12.1 Å². The molecule has 0 atom stereocenters. The van der Waals surface area contributed by atoms with E-state index in [1.807, 2.05) is 0 Å². The fraction of sp³-hybridized carbons (Fsp3) is 0.400. The molecule has 6 heteroatoms. The number of halogens is 3. The normalized spacial score (nSPS) is 11.4. The number of hydrogen-bond donors (Lipinski definition) is 1. The molecule has 90 valence electrons. The molecule has 0 saturated carbocycles. The number of methoxy groups -OCH3 is 2. The first kappa shape index (κ1) is 12.6. The predicted octanol–water partition coefficient (Wildman–Crippen LogP) is 2.21. The minimum atomic E-state index is -4.48. The number of alkyl halides is 3. The Morgan fingerprint density at radius 3 is 1.81 bits per heavy atom. The number of benzene rings is 1. The van der Waals surface area contributed by atoms with E-state index >= 15 is 0 Å². The van der Waals surface area contributed by atoms with Crippen LogP contribution in [0.3, 0.4) is 0 Å². The monoisotopic (exact) mass is 236 g/mol. The maximum Gasteiger partial charge on any atom is 0.416 e. The van der Waals surface area contributed by atoms with Gasteiger partial charge in [-0.05, 0) is 12.1 Å². The van der Waals surface area contributed by atoms with Gasteiger partial charge in [-0.2, -0.15) is 13.2 Å². The van der Waals surface area contributed by atoms with Crippen LogP contribution in [0.1, 0.15) is 11.1 Å². The van der Waals surface area contributed by atoms with Crippen LogP contribution in [0.5, 0.6) is 11.5 Å². The SMILES string of the molecule is COc1cc(C(F)(F)F)cc(OC)c1CO. The fourth-order valence-corrected chi connectivity index (χ4v) is 1.30. The van der Waals surface area contributed by atoms with Crippen molar-refractivity contribution in [3.05, 3.63) is 23.3 Å². The molecule has 0 aromatic heterocycles. The van der Waals surface area contributed by atoms with E-state index in [1.165, 1.54) is 14.2 Å². The minimum absolute atomic E-state index is 0.0471. The Kier molecular flexibility index (Phi) is 3.64. The lowest BCUT2D eigenvalue weighted by Crippen LogP contribution is -2.07. The molecule has 0 radical (unpaired) electrons. The van der Waals surface area contributed by atoms with Crippen molar-refractivity contribution in [2.75, 3.05) is 14.2 Å². The van der Waals surface area contributed by atoms with Crippen molar-refractivity contribution in [2.24, 2.45) is 0 Å². The summed E-state index contributed by atoms with van der Waals surface area (Å²) in [4.78, 5) is 0. The highest BCUT2D eigenvalue weighted by molar-refractivity contribution is 5.48. The fourth-order valence-electron chi connectivity index (χ4n) is 1.30. The molecule has 0 fully saturated rings. The molecule has 0 saturated heterocycles. The Balaban J connectivity index is 3.37. The zero-order valence-corrected chi connectivity index (χ0v) is 8.76. The van der Waals surface area contributed by atoms with E-state index in [0.29, 0.717) is 0 Å². The van der Waals surface area contributed by atoms with Gasteiger partial charge in [0.05, 0.1) is 32.0 Å². The van der Waals surface area contributed by atoms with E-state index in [9.17, 15) is 13.2 Å². The number of hydrogen-bond acceptors (Lipinski definition) is 3. The van der Waals surface area contributed by atoms with Crippen LogP contribution < -0.4 is 9.47 Å². The summed E-state index contributed by atoms with van der Waals surface area (Å²) in [6.45, 7) is -0.454. The summed E-state index contributed by atoms with van der Waals surface area (Å²) in [6, 6.07) is 1.65. The summed E-state index contributed by atoms with van der Waals surface area (Å²) in [5.41, 5.74) is -0.684. The number of rotatable bonds is 3. The topological polar surface area (TPSA) is 38.7 Å². The number of ether oxygens (including phenoxy) is 2. The molecule has 0 amide bonds. The standard InChI is InChI=1S/C10H11F3O3/c1-15-8-3-6(10(11,12)13)4-9(16-2)7(8)5-14/h3-4,14H,5H2,1-2H3. The molecule has 1 N–H and O–H groups in total. The second-order valence-electron chi connectivity index (χ2n) is 3.02. The van der Waals surface area contributed by atoms with Crippen molar-refractivity contribution in [1.82, 2.24) is 0 Å². The Morgan fingerprint density at radius 2 is 1.56 bits per heavy atom. The van der Waals surface area contributed by atoms with Crippen molar-refractivity contribution in [1.29, 1.82) is 0 Å². The highest BCUT2D eigenvalue weighted by Crippen LogP contribution is 2.38. The smallest absolute Gasteiger partial charge is 0.416 e. The maximum atomic E-state index is 12.5. The number of aliphatic hydroxyl groups excluding tert-OH is 1. The molecular weight excluding hydrogens is 225 g/mol. The van der Waals surface area contributed by atoms with Crippen LogP contribution in [0.15, 0.2) is 12.1 Å². The molecule has 1 aromatic rings. The molecule has 0 spiro atoms. The maximum absolute atomic E-state index is 12.5. The van der Waals surface area contributed by atoms with Gasteiger partial charge < -0.3 is 14.6 Å². The van der Waals surface area contributed by atoms with Gasteiger partial charge in [-0.15, -0.1) is 0 Å². The Hall–Kier alpha value is -1.43. The first-order valence-electron chi connectivity index (χ1n) is 4.37. The van der Waals surface area contributed by atoms with E-state index in [2.05, 4.69) is 0 Å². The number of aliphatic hydroxyl groups is 1. The highest BCUT2D eigenvalue weighted by atomic mass is 19.4. The lowest BCUT2D eigenvalue weighted by atomic mass is 10.1. The third kappa shape index (κ3) is 2.38. The molecule has 0 heterocycles. The average molecular weight is 236 g/mol. The van der Waals surface area contributed by atoms with Crippen molar-refractivity contribution in [3.63, 3.8) is 0 Å². The molecular formula is C10H11F3O3. The third-order valence-corrected chi connectivity index (χ3v) is 2.09. The van der Waals surface area contributed by atoms with Crippen LogP contribution in [0.4, 0.5) is 13.2 Å². The molecule has 0 aliphatic carbocycles. The van der Waals surface area contributed by atoms with Crippen LogP contribution >= 0.6 is 0 Å². The quantitative estimate of drug-likeness (QED) is 0.874. The van der Waals surface area contributed by atoms with Gasteiger partial charge in [0.25, 0.3) is 0 Å². The first-order chi connectivity index (χ1) is 7.43. The highest BCUT2D eigenvalue weighted by Gasteiger charge is 2.32. The van der Waals surface area contributed by atoms with Crippen molar-refractivity contribution in [2.45, 2.75) is 12.8 Å². The van der Waals surface area contributed by atoms with Crippen molar-refractivity contribution < 1.29 is 27.8 Å². The van der Waals surface area contributed by atoms with Gasteiger partial charge in [-0.1, -0.05) is 0 Å². The van der Waals surface area contributed by atoms with Gasteiger partial charge in [-0.3, -0.25) is 0 Å². The van der Waals surface area contributed by atoms with Crippen LogP contribution in [-0.4, -0.2) is 19.3 Å². The van der Waals surface area contributed by atoms with Crippen LogP contribution in [0.2, 0.25) is 0 Å². The Morgan fingerprint density at radius 1 is 1.12 bits per heavy atom. The minimum Gasteiger partial charge on any atom is -0.496 e. The van der Waals surface area contributed by atoms with Crippen LogP contribution in [0.25, 0.3) is 0 Å². The van der Waals surface area contributed by atoms with Gasteiger partial charge >= 0.3 is 6.18 Å². The van der Waals surface area contributed by atoms with E-state index < -0.39 is 18.3 Å². The Labute approximate surface area is 90.4 Å². The summed E-state index contributed by atoms with van der Waals surface area (Å²) in [7, 11) is 2.46. The summed E-state index contributed by atoms with van der Waals surface area (Å²) in [5.74, 6) is -0.0941. The summed E-state index contributed by atoms with van der Waals surface area (Å²) < 4.78 is 47.0. The second kappa shape index (κ2) is 4.61. The summed E-state index contributed by atoms with van der Waals surface area (Å²) >= 11 is 0. The van der Waals surface area contributed by atoms with Gasteiger partial charge in [0.2, 0.25) is 0 Å². The molecule has 0 unspecified atom stereocenters. The van der Waals surface area contributed by atoms with Gasteiger partial charge in [0, 0.05) is 0 Å². The lowest BCUT2D eigenvalue weighted by molar-refractivity contribution is -0.137. The average Bonchev–Trinajstić information content (AvgIpc) is 2.25. The molecule has 1 aromatic carbocycles. The predicted molar refractivity (Wildman–Crippen MR) is 50.5 cm³/mol. The zero-order valence-electron chi connectivity index (χ0n) is 8.76. The molecule has 0 aliphatic heterocycles. The summed E-state index contributed by atoms with van der Waals surface area (Å²) in [5, 5.41) is 9.01. The van der Waals surface area contributed by atoms with Crippen molar-refractivity contribution in [3.8, 4) is 11.5 Å². The van der Waals surface area contributed by atoms with E-state index in [4.69, 9.17) is 14.6 Å². The van der Waals surface area contributed by atoms with E-state index in [1.54, 1.807) is 0 Å². The molecule has 3 nitrogen and oxygen atoms in total. The summed E-state index contributed by atoms with van der Waals surface area (Å²) in [6.07, 6.45) is -4.48. The largest absolute Gasteiger partial charge is 0.496 e. The van der Waals surface area contributed by atoms with Crippen LogP contribution in [-0.2, 0) is 12.8 Å². The Bertz CT molecular complexity index is 349.